The molecule has 0 N–H and O–H groups in total. The van der Waals surface area contributed by atoms with E-state index in [0.29, 0.717) is 27.4 Å². The Morgan fingerprint density at radius 3 is 2.47 bits per heavy atom. The van der Waals surface area contributed by atoms with E-state index in [9.17, 15) is 0 Å². The zero-order chi connectivity index (χ0) is 13.8. The van der Waals surface area contributed by atoms with Crippen LogP contribution in [-0.4, -0.2) is 0 Å². The topological polar surface area (TPSA) is 9.23 Å². The lowest BCUT2D eigenvalue weighted by Crippen LogP contribution is -1.98. The Kier molecular flexibility index (Phi) is 4.76. The highest BCUT2D eigenvalue weighted by molar-refractivity contribution is 6.48. The van der Waals surface area contributed by atoms with Crippen LogP contribution in [0.25, 0.3) is 6.08 Å². The van der Waals surface area contributed by atoms with Gasteiger partial charge in [-0.3, -0.25) is 0 Å². The molecule has 19 heavy (non-hydrogen) atoms. The molecule has 4 heteroatoms. The Balaban J connectivity index is 2.19. The van der Waals surface area contributed by atoms with Gasteiger partial charge in [0.1, 0.15) is 17.4 Å². The number of hydrogen-bond donors (Lipinski definition) is 0. The van der Waals surface area contributed by atoms with Gasteiger partial charge in [0.05, 0.1) is 10.0 Å². The Morgan fingerprint density at radius 2 is 1.74 bits per heavy atom. The largest absolute Gasteiger partial charge is 0.487 e. The quantitative estimate of drug-likeness (QED) is 0.641. The van der Waals surface area contributed by atoms with Gasteiger partial charge < -0.3 is 4.74 Å². The van der Waals surface area contributed by atoms with Crippen LogP contribution < -0.4 is 4.74 Å². The molecular formula is C15H11Cl3O. The molecule has 0 aliphatic heterocycles. The summed E-state index contributed by atoms with van der Waals surface area (Å²) in [5.74, 6) is 0.509. The maximum atomic E-state index is 6.08. The molecule has 0 atom stereocenters. The van der Waals surface area contributed by atoms with Crippen molar-refractivity contribution < 1.29 is 4.74 Å². The molecule has 0 saturated heterocycles. The van der Waals surface area contributed by atoms with E-state index in [2.05, 4.69) is 6.58 Å². The van der Waals surface area contributed by atoms with Crippen LogP contribution in [-0.2, 0) is 6.61 Å². The molecule has 0 aliphatic rings. The molecule has 0 unspecified atom stereocenters. The number of rotatable bonds is 4. The molecule has 1 nitrogen and oxygen atoms in total. The first kappa shape index (κ1) is 14.3. The molecule has 0 saturated carbocycles. The third-order valence-electron chi connectivity index (χ3n) is 2.66. The average Bonchev–Trinajstić information content (AvgIpc) is 2.44. The first-order chi connectivity index (χ1) is 9.13. The van der Waals surface area contributed by atoms with Crippen molar-refractivity contribution in [2.24, 2.45) is 0 Å². The van der Waals surface area contributed by atoms with Crippen molar-refractivity contribution in [3.05, 3.63) is 69.2 Å². The van der Waals surface area contributed by atoms with Gasteiger partial charge in [-0.05, 0) is 23.3 Å². The molecule has 2 rings (SSSR count). The molecular weight excluding hydrogens is 303 g/mol. The van der Waals surface area contributed by atoms with Crippen LogP contribution in [0.5, 0.6) is 5.75 Å². The highest BCUT2D eigenvalue weighted by Crippen LogP contribution is 2.37. The van der Waals surface area contributed by atoms with E-state index in [4.69, 9.17) is 39.5 Å². The maximum Gasteiger partial charge on any atom is 0.140 e. The first-order valence-electron chi connectivity index (χ1n) is 5.60. The van der Waals surface area contributed by atoms with E-state index in [1.807, 2.05) is 24.3 Å². The van der Waals surface area contributed by atoms with Crippen LogP contribution in [0.15, 0.2) is 43.0 Å². The fourth-order valence-electron chi connectivity index (χ4n) is 1.64. The minimum Gasteiger partial charge on any atom is -0.487 e. The Bertz CT molecular complexity index is 608. The lowest BCUT2D eigenvalue weighted by Gasteiger charge is -2.11. The van der Waals surface area contributed by atoms with E-state index >= 15 is 0 Å². The van der Waals surface area contributed by atoms with Crippen LogP contribution in [0.2, 0.25) is 15.1 Å². The highest BCUT2D eigenvalue weighted by Gasteiger charge is 2.10. The summed E-state index contributed by atoms with van der Waals surface area (Å²) in [4.78, 5) is 0. The van der Waals surface area contributed by atoms with Crippen molar-refractivity contribution in [2.45, 2.75) is 6.61 Å². The van der Waals surface area contributed by atoms with Gasteiger partial charge in [0.2, 0.25) is 0 Å². The van der Waals surface area contributed by atoms with Crippen molar-refractivity contribution in [2.75, 3.05) is 0 Å². The predicted molar refractivity (Wildman–Crippen MR) is 82.3 cm³/mol. The molecule has 2 aromatic carbocycles. The summed E-state index contributed by atoms with van der Waals surface area (Å²) in [5.41, 5.74) is 2.05. The number of ether oxygens (including phenoxy) is 1. The van der Waals surface area contributed by atoms with E-state index in [0.717, 1.165) is 11.1 Å². The second-order valence-corrected chi connectivity index (χ2v) is 5.03. The first-order valence-corrected chi connectivity index (χ1v) is 6.73. The lowest BCUT2D eigenvalue weighted by atomic mass is 10.1. The summed E-state index contributed by atoms with van der Waals surface area (Å²) in [7, 11) is 0. The molecule has 0 aromatic heterocycles. The van der Waals surface area contributed by atoms with Crippen LogP contribution in [0, 0.1) is 0 Å². The fourth-order valence-corrected chi connectivity index (χ4v) is 2.22. The standard InChI is InChI=1S/C15H11Cl3O/c1-2-10-5-3-4-6-11(10)9-19-13-8-7-12(16)14(17)15(13)18/h2-8H,1,9H2. The fraction of sp³-hybridized carbons (Fsp3) is 0.0667. The van der Waals surface area contributed by atoms with Crippen LogP contribution in [0.1, 0.15) is 11.1 Å². The van der Waals surface area contributed by atoms with Gasteiger partial charge in [-0.25, -0.2) is 0 Å². The Hall–Kier alpha value is -1.15. The van der Waals surface area contributed by atoms with Gasteiger partial charge in [-0.15, -0.1) is 0 Å². The van der Waals surface area contributed by atoms with Crippen LogP contribution in [0.3, 0.4) is 0 Å². The van der Waals surface area contributed by atoms with Gasteiger partial charge in [-0.1, -0.05) is 71.7 Å². The highest BCUT2D eigenvalue weighted by atomic mass is 35.5. The van der Waals surface area contributed by atoms with Crippen molar-refractivity contribution in [1.29, 1.82) is 0 Å². The summed E-state index contributed by atoms with van der Waals surface area (Å²) < 4.78 is 5.68. The molecule has 2 aromatic rings. The summed E-state index contributed by atoms with van der Waals surface area (Å²) in [6, 6.07) is 11.2. The van der Waals surface area contributed by atoms with E-state index in [1.54, 1.807) is 18.2 Å². The van der Waals surface area contributed by atoms with Crippen LogP contribution >= 0.6 is 34.8 Å². The third kappa shape index (κ3) is 3.24. The molecule has 98 valence electrons. The Labute approximate surface area is 127 Å². The van der Waals surface area contributed by atoms with Gasteiger partial charge in [0.25, 0.3) is 0 Å². The molecule has 0 amide bonds. The average molecular weight is 314 g/mol. The number of halogens is 3. The summed E-state index contributed by atoms with van der Waals surface area (Å²) in [6.45, 7) is 4.16. The minimum absolute atomic E-state index is 0.304. The molecule has 0 radical (unpaired) electrons. The number of benzene rings is 2. The summed E-state index contributed by atoms with van der Waals surface area (Å²) in [6.07, 6.45) is 1.79. The molecule has 0 heterocycles. The van der Waals surface area contributed by atoms with Crippen molar-refractivity contribution in [3.63, 3.8) is 0 Å². The zero-order valence-electron chi connectivity index (χ0n) is 10.00. The zero-order valence-corrected chi connectivity index (χ0v) is 12.3. The Morgan fingerprint density at radius 1 is 1.00 bits per heavy atom. The van der Waals surface area contributed by atoms with E-state index in [1.165, 1.54) is 0 Å². The van der Waals surface area contributed by atoms with E-state index < -0.39 is 0 Å². The minimum atomic E-state index is 0.304. The van der Waals surface area contributed by atoms with Crippen molar-refractivity contribution >= 4 is 40.9 Å². The maximum absolute atomic E-state index is 6.08. The monoisotopic (exact) mass is 312 g/mol. The lowest BCUT2D eigenvalue weighted by molar-refractivity contribution is 0.306. The predicted octanol–water partition coefficient (Wildman–Crippen LogP) is 5.87. The van der Waals surface area contributed by atoms with Crippen LogP contribution in [0.4, 0.5) is 0 Å². The normalized spacial score (nSPS) is 10.3. The molecule has 0 aliphatic carbocycles. The van der Waals surface area contributed by atoms with Crippen molar-refractivity contribution in [1.82, 2.24) is 0 Å². The number of hydrogen-bond acceptors (Lipinski definition) is 1. The van der Waals surface area contributed by atoms with E-state index in [-0.39, 0.29) is 0 Å². The smallest absolute Gasteiger partial charge is 0.140 e. The summed E-state index contributed by atoms with van der Waals surface area (Å²) in [5, 5.41) is 1.04. The summed E-state index contributed by atoms with van der Waals surface area (Å²) >= 11 is 17.9. The SMILES string of the molecule is C=Cc1ccccc1COc1ccc(Cl)c(Cl)c1Cl. The molecule has 0 spiro atoms. The van der Waals surface area contributed by atoms with Crippen molar-refractivity contribution in [3.8, 4) is 5.75 Å². The second-order valence-electron chi connectivity index (χ2n) is 3.87. The van der Waals surface area contributed by atoms with Gasteiger partial charge in [0, 0.05) is 0 Å². The van der Waals surface area contributed by atoms with Gasteiger partial charge in [-0.2, -0.15) is 0 Å². The molecule has 0 bridgehead atoms. The van der Waals surface area contributed by atoms with Gasteiger partial charge in [0.15, 0.2) is 0 Å². The molecule has 0 fully saturated rings. The second kappa shape index (κ2) is 6.33. The van der Waals surface area contributed by atoms with Gasteiger partial charge >= 0.3 is 0 Å². The third-order valence-corrected chi connectivity index (χ3v) is 3.93.